The van der Waals surface area contributed by atoms with Crippen LogP contribution in [0.1, 0.15) is 51.3 Å². The van der Waals surface area contributed by atoms with Crippen molar-refractivity contribution in [1.82, 2.24) is 0 Å². The highest BCUT2D eigenvalue weighted by atomic mass is 14.4. The molecular weight excluding hydrogens is 228 g/mol. The van der Waals surface area contributed by atoms with Gasteiger partial charge in [0.2, 0.25) is 0 Å². The summed E-state index contributed by atoms with van der Waals surface area (Å²) in [5.41, 5.74) is 6.81. The summed E-state index contributed by atoms with van der Waals surface area (Å²) < 4.78 is 0. The Balaban J connectivity index is 0.000000861. The molecule has 0 spiro atoms. The van der Waals surface area contributed by atoms with Crippen LogP contribution in [-0.4, -0.2) is 0 Å². The smallest absolute Gasteiger partial charge is 0.0158 e. The molecule has 1 aromatic carbocycles. The Morgan fingerprint density at radius 2 is 1.79 bits per heavy atom. The van der Waals surface area contributed by atoms with E-state index in [1.807, 2.05) is 19.9 Å². The first-order chi connectivity index (χ1) is 9.02. The van der Waals surface area contributed by atoms with Gasteiger partial charge in [-0.15, -0.1) is 0 Å². The Morgan fingerprint density at radius 3 is 2.32 bits per heavy atom. The number of benzene rings is 1. The van der Waals surface area contributed by atoms with Crippen LogP contribution in [0.15, 0.2) is 48.6 Å². The van der Waals surface area contributed by atoms with Crippen LogP contribution < -0.4 is 0 Å². The minimum Gasteiger partial charge on any atom is -0.0984 e. The third-order valence-corrected chi connectivity index (χ3v) is 3.64. The molecule has 0 amide bonds. The van der Waals surface area contributed by atoms with Crippen molar-refractivity contribution in [2.75, 3.05) is 0 Å². The Kier molecular flexibility index (Phi) is 4.94. The summed E-state index contributed by atoms with van der Waals surface area (Å²) >= 11 is 0. The molecule has 19 heavy (non-hydrogen) atoms. The maximum atomic E-state index is 3.97. The minimum absolute atomic E-state index is 0.0807. The van der Waals surface area contributed by atoms with Crippen molar-refractivity contribution in [3.63, 3.8) is 0 Å². The standard InChI is InChI=1S/C17H20.C2H6/c1-6-8-15-13(7-2)14-10-9-12(3)11-16(14)17(15,4)5;1-2/h6-11H,2H2,1,3-5H3;1-2H3/b8-6-;. The van der Waals surface area contributed by atoms with Gasteiger partial charge in [0.05, 0.1) is 0 Å². The van der Waals surface area contributed by atoms with Gasteiger partial charge in [0, 0.05) is 5.41 Å². The highest BCUT2D eigenvalue weighted by Crippen LogP contribution is 2.47. The molecule has 1 aliphatic rings. The molecule has 0 aliphatic heterocycles. The zero-order valence-corrected chi connectivity index (χ0v) is 13.2. The van der Waals surface area contributed by atoms with Gasteiger partial charge in [-0.2, -0.15) is 0 Å². The van der Waals surface area contributed by atoms with Gasteiger partial charge in [-0.1, -0.05) is 76.3 Å². The number of fused-ring (bicyclic) bond motifs is 1. The van der Waals surface area contributed by atoms with E-state index in [2.05, 4.69) is 64.6 Å². The molecule has 0 radical (unpaired) electrons. The summed E-state index contributed by atoms with van der Waals surface area (Å²) in [5.74, 6) is 0. The Morgan fingerprint density at radius 1 is 1.16 bits per heavy atom. The van der Waals surface area contributed by atoms with Gasteiger partial charge in [0.25, 0.3) is 0 Å². The van der Waals surface area contributed by atoms with Crippen LogP contribution >= 0.6 is 0 Å². The summed E-state index contributed by atoms with van der Waals surface area (Å²) in [6, 6.07) is 6.70. The first kappa shape index (κ1) is 15.5. The molecule has 0 heteroatoms. The van der Waals surface area contributed by atoms with Gasteiger partial charge >= 0.3 is 0 Å². The van der Waals surface area contributed by atoms with Crippen LogP contribution in [0.3, 0.4) is 0 Å². The molecule has 0 saturated heterocycles. The molecular formula is C19H26. The molecule has 0 bridgehead atoms. The van der Waals surface area contributed by atoms with Crippen molar-refractivity contribution in [3.8, 4) is 0 Å². The van der Waals surface area contributed by atoms with E-state index in [-0.39, 0.29) is 5.41 Å². The molecule has 1 aromatic rings. The lowest BCUT2D eigenvalue weighted by molar-refractivity contribution is 0.653. The fourth-order valence-corrected chi connectivity index (χ4v) is 2.72. The molecule has 1 aliphatic carbocycles. The highest BCUT2D eigenvalue weighted by Gasteiger charge is 2.35. The Bertz CT molecular complexity index is 525. The molecule has 0 heterocycles. The summed E-state index contributed by atoms with van der Waals surface area (Å²) in [6.07, 6.45) is 6.31. The van der Waals surface area contributed by atoms with E-state index in [1.165, 1.54) is 27.8 Å². The SMILES string of the molecule is C=CC1=C(/C=C\C)C(C)(C)c2cc(C)ccc21.CC. The highest BCUT2D eigenvalue weighted by molar-refractivity contribution is 5.87. The first-order valence-corrected chi connectivity index (χ1v) is 7.13. The summed E-state index contributed by atoms with van der Waals surface area (Å²) in [5, 5.41) is 0. The fourth-order valence-electron chi connectivity index (χ4n) is 2.72. The van der Waals surface area contributed by atoms with Crippen molar-refractivity contribution in [1.29, 1.82) is 0 Å². The number of aryl methyl sites for hydroxylation is 1. The molecule has 0 unspecified atom stereocenters. The van der Waals surface area contributed by atoms with Crippen LogP contribution in [0.2, 0.25) is 0 Å². The second-order valence-electron chi connectivity index (χ2n) is 5.21. The van der Waals surface area contributed by atoms with Crippen molar-refractivity contribution >= 4 is 5.57 Å². The van der Waals surface area contributed by atoms with E-state index in [0.717, 1.165) is 0 Å². The number of rotatable bonds is 2. The van der Waals surface area contributed by atoms with E-state index in [4.69, 9.17) is 0 Å². The van der Waals surface area contributed by atoms with Gasteiger partial charge in [-0.3, -0.25) is 0 Å². The topological polar surface area (TPSA) is 0 Å². The van der Waals surface area contributed by atoms with Gasteiger partial charge in [0.15, 0.2) is 0 Å². The van der Waals surface area contributed by atoms with Crippen LogP contribution in [0, 0.1) is 6.92 Å². The Labute approximate surface area is 118 Å². The average Bonchev–Trinajstić information content (AvgIpc) is 2.61. The van der Waals surface area contributed by atoms with E-state index < -0.39 is 0 Å². The zero-order chi connectivity index (χ0) is 14.6. The number of hydrogen-bond donors (Lipinski definition) is 0. The van der Waals surface area contributed by atoms with E-state index in [1.54, 1.807) is 0 Å². The van der Waals surface area contributed by atoms with Gasteiger partial charge in [-0.05, 0) is 36.1 Å². The van der Waals surface area contributed by atoms with Crippen molar-refractivity contribution < 1.29 is 0 Å². The molecule has 0 saturated carbocycles. The lowest BCUT2D eigenvalue weighted by Gasteiger charge is -2.23. The van der Waals surface area contributed by atoms with Gasteiger partial charge < -0.3 is 0 Å². The molecule has 2 rings (SSSR count). The lowest BCUT2D eigenvalue weighted by atomic mass is 9.80. The van der Waals surface area contributed by atoms with Crippen LogP contribution in [0.4, 0.5) is 0 Å². The zero-order valence-electron chi connectivity index (χ0n) is 13.2. The predicted octanol–water partition coefficient (Wildman–Crippen LogP) is 5.83. The van der Waals surface area contributed by atoms with Crippen LogP contribution in [-0.2, 0) is 5.41 Å². The second-order valence-corrected chi connectivity index (χ2v) is 5.21. The first-order valence-electron chi connectivity index (χ1n) is 7.13. The van der Waals surface area contributed by atoms with Crippen LogP contribution in [0.25, 0.3) is 5.57 Å². The molecule has 0 atom stereocenters. The van der Waals surface area contributed by atoms with E-state index in [9.17, 15) is 0 Å². The third kappa shape index (κ3) is 2.58. The number of hydrogen-bond acceptors (Lipinski definition) is 0. The van der Waals surface area contributed by atoms with Crippen molar-refractivity contribution in [2.24, 2.45) is 0 Å². The quantitative estimate of drug-likeness (QED) is 0.623. The fraction of sp³-hybridized carbons (Fsp3) is 0.368. The lowest BCUT2D eigenvalue weighted by Crippen LogP contribution is -2.16. The monoisotopic (exact) mass is 254 g/mol. The van der Waals surface area contributed by atoms with E-state index >= 15 is 0 Å². The van der Waals surface area contributed by atoms with Crippen molar-refractivity contribution in [3.05, 3.63) is 65.3 Å². The summed E-state index contributed by atoms with van der Waals surface area (Å²) in [4.78, 5) is 0. The normalized spacial score (nSPS) is 16.1. The molecule has 102 valence electrons. The summed E-state index contributed by atoms with van der Waals surface area (Å²) in [6.45, 7) is 16.8. The molecule has 0 N–H and O–H groups in total. The molecule has 0 aromatic heterocycles. The minimum atomic E-state index is 0.0807. The maximum Gasteiger partial charge on any atom is 0.0158 e. The summed E-state index contributed by atoms with van der Waals surface area (Å²) in [7, 11) is 0. The maximum absolute atomic E-state index is 3.97. The third-order valence-electron chi connectivity index (χ3n) is 3.64. The molecule has 0 fully saturated rings. The largest absolute Gasteiger partial charge is 0.0984 e. The van der Waals surface area contributed by atoms with Gasteiger partial charge in [-0.25, -0.2) is 0 Å². The number of allylic oxidation sites excluding steroid dienone is 5. The Hall–Kier alpha value is -1.56. The molecule has 0 nitrogen and oxygen atoms in total. The van der Waals surface area contributed by atoms with E-state index in [0.29, 0.717) is 0 Å². The average molecular weight is 254 g/mol. The van der Waals surface area contributed by atoms with Crippen molar-refractivity contribution in [2.45, 2.75) is 47.0 Å². The van der Waals surface area contributed by atoms with Gasteiger partial charge in [0.1, 0.15) is 0 Å². The second kappa shape index (κ2) is 6.06. The predicted molar refractivity (Wildman–Crippen MR) is 87.5 cm³/mol. The van der Waals surface area contributed by atoms with Crippen LogP contribution in [0.5, 0.6) is 0 Å².